The first-order chi connectivity index (χ1) is 12.8. The Hall–Kier alpha value is -2.84. The molecule has 1 aromatic heterocycles. The van der Waals surface area contributed by atoms with Gasteiger partial charge in [0.15, 0.2) is 5.69 Å². The number of piperidine rings is 1. The normalized spacial score (nSPS) is 19.9. The Morgan fingerprint density at radius 1 is 1.33 bits per heavy atom. The lowest BCUT2D eigenvalue weighted by Crippen LogP contribution is -2.49. The molecule has 1 aliphatic heterocycles. The fraction of sp³-hybridized carbons (Fsp3) is 0.444. The highest BCUT2D eigenvalue weighted by Crippen LogP contribution is 2.25. The highest BCUT2D eigenvalue weighted by molar-refractivity contribution is 5.94. The maximum Gasteiger partial charge on any atom is 0.308 e. The van der Waals surface area contributed by atoms with Gasteiger partial charge < -0.3 is 10.0 Å². The highest BCUT2D eigenvalue weighted by atomic mass is 19.1. The number of hydrogen-bond acceptors (Lipinski definition) is 4. The summed E-state index contributed by atoms with van der Waals surface area (Å²) in [7, 11) is 0. The number of carboxylic acids is 1. The number of rotatable bonds is 4. The summed E-state index contributed by atoms with van der Waals surface area (Å²) in [6, 6.07) is 2.80. The summed E-state index contributed by atoms with van der Waals surface area (Å²) in [6.45, 7) is 3.80. The van der Waals surface area contributed by atoms with Crippen LogP contribution in [0.15, 0.2) is 18.2 Å². The van der Waals surface area contributed by atoms with Gasteiger partial charge in [-0.15, -0.1) is 5.10 Å². The van der Waals surface area contributed by atoms with Crippen molar-refractivity contribution in [2.24, 2.45) is 5.92 Å². The second kappa shape index (κ2) is 7.42. The number of benzene rings is 1. The molecule has 1 N–H and O–H groups in total. The van der Waals surface area contributed by atoms with Gasteiger partial charge in [-0.3, -0.25) is 9.59 Å². The second-order valence-electron chi connectivity index (χ2n) is 6.74. The van der Waals surface area contributed by atoms with E-state index in [0.717, 1.165) is 12.1 Å². The van der Waals surface area contributed by atoms with Crippen molar-refractivity contribution in [2.45, 2.75) is 39.3 Å². The summed E-state index contributed by atoms with van der Waals surface area (Å²) >= 11 is 0. The molecule has 0 radical (unpaired) electrons. The molecule has 7 nitrogen and oxygen atoms in total. The Morgan fingerprint density at radius 2 is 2.07 bits per heavy atom. The summed E-state index contributed by atoms with van der Waals surface area (Å²) in [5.74, 6) is -3.31. The van der Waals surface area contributed by atoms with Gasteiger partial charge in [-0.05, 0) is 32.8 Å². The van der Waals surface area contributed by atoms with Crippen molar-refractivity contribution in [3.05, 3.63) is 46.8 Å². The second-order valence-corrected chi connectivity index (χ2v) is 6.74. The van der Waals surface area contributed by atoms with Gasteiger partial charge in [-0.25, -0.2) is 13.5 Å². The van der Waals surface area contributed by atoms with Gasteiger partial charge in [0.2, 0.25) is 0 Å². The monoisotopic (exact) mass is 378 g/mol. The van der Waals surface area contributed by atoms with Crippen molar-refractivity contribution in [3.63, 3.8) is 0 Å². The van der Waals surface area contributed by atoms with Crippen molar-refractivity contribution in [1.29, 1.82) is 0 Å². The minimum absolute atomic E-state index is 0.00549. The predicted molar refractivity (Wildman–Crippen MR) is 91.1 cm³/mol. The zero-order valence-corrected chi connectivity index (χ0v) is 15.0. The lowest BCUT2D eigenvalue weighted by atomic mass is 9.90. The summed E-state index contributed by atoms with van der Waals surface area (Å²) in [6.07, 6.45) is 1.12. The number of amides is 1. The number of carbonyl (C=O) groups excluding carboxylic acids is 1. The Morgan fingerprint density at radius 3 is 2.74 bits per heavy atom. The van der Waals surface area contributed by atoms with E-state index in [2.05, 4.69) is 10.3 Å². The molecule has 2 aromatic rings. The van der Waals surface area contributed by atoms with Gasteiger partial charge in [0.1, 0.15) is 11.6 Å². The van der Waals surface area contributed by atoms with Gasteiger partial charge in [0, 0.05) is 24.2 Å². The van der Waals surface area contributed by atoms with Crippen LogP contribution in [0.4, 0.5) is 8.78 Å². The molecule has 0 bridgehead atoms. The van der Waals surface area contributed by atoms with Crippen LogP contribution in [0.25, 0.3) is 0 Å². The van der Waals surface area contributed by atoms with Gasteiger partial charge in [-0.1, -0.05) is 11.3 Å². The molecule has 2 atom stereocenters. The first-order valence-corrected chi connectivity index (χ1v) is 8.67. The largest absolute Gasteiger partial charge is 0.481 e. The first kappa shape index (κ1) is 18.9. The van der Waals surface area contributed by atoms with Crippen LogP contribution in [0.2, 0.25) is 0 Å². The molecule has 0 unspecified atom stereocenters. The molecule has 0 saturated carbocycles. The zero-order valence-electron chi connectivity index (χ0n) is 15.0. The molecule has 3 rings (SSSR count). The van der Waals surface area contributed by atoms with E-state index in [9.17, 15) is 23.5 Å². The molecule has 2 heterocycles. The summed E-state index contributed by atoms with van der Waals surface area (Å²) in [5, 5.41) is 17.1. The zero-order chi connectivity index (χ0) is 19.7. The van der Waals surface area contributed by atoms with E-state index in [4.69, 9.17) is 0 Å². The van der Waals surface area contributed by atoms with Gasteiger partial charge >= 0.3 is 5.97 Å². The molecule has 9 heteroatoms. The number of carbonyl (C=O) groups is 2. The number of likely N-dealkylation sites (tertiary alicyclic amines) is 1. The molecule has 1 fully saturated rings. The van der Waals surface area contributed by atoms with E-state index in [0.29, 0.717) is 25.1 Å². The van der Waals surface area contributed by atoms with Crippen LogP contribution in [0.3, 0.4) is 0 Å². The number of nitrogens with zero attached hydrogens (tertiary/aromatic N) is 4. The molecule has 1 aliphatic rings. The predicted octanol–water partition coefficient (Wildman–Crippen LogP) is 2.24. The number of halogens is 2. The van der Waals surface area contributed by atoms with Crippen LogP contribution in [-0.4, -0.2) is 49.5 Å². The Labute approximate surface area is 154 Å². The smallest absolute Gasteiger partial charge is 0.308 e. The van der Waals surface area contributed by atoms with Crippen LogP contribution in [0.5, 0.6) is 0 Å². The van der Waals surface area contributed by atoms with Gasteiger partial charge in [0.25, 0.3) is 5.91 Å². The first-order valence-electron chi connectivity index (χ1n) is 8.67. The third-order valence-corrected chi connectivity index (χ3v) is 5.09. The van der Waals surface area contributed by atoms with Crippen molar-refractivity contribution in [1.82, 2.24) is 19.9 Å². The van der Waals surface area contributed by atoms with Crippen molar-refractivity contribution >= 4 is 11.9 Å². The number of aromatic nitrogens is 3. The standard InChI is InChI=1S/C18H20F2N4O3/c1-10-14(18(26)27)4-3-7-23(10)17(25)16-11(2)24(22-21-16)9-12-5-6-13(19)8-15(12)20/h5-6,8,10,14H,3-4,7,9H2,1-2H3,(H,26,27)/t10-,14-/m1/s1. The summed E-state index contributed by atoms with van der Waals surface area (Å²) < 4.78 is 28.3. The molecule has 0 spiro atoms. The minimum Gasteiger partial charge on any atom is -0.481 e. The molecule has 1 aromatic carbocycles. The quantitative estimate of drug-likeness (QED) is 0.882. The van der Waals surface area contributed by atoms with Gasteiger partial charge in [-0.2, -0.15) is 0 Å². The third-order valence-electron chi connectivity index (χ3n) is 5.09. The number of aliphatic carboxylic acids is 1. The fourth-order valence-corrected chi connectivity index (χ4v) is 3.42. The van der Waals surface area contributed by atoms with E-state index in [-0.39, 0.29) is 17.8 Å². The summed E-state index contributed by atoms with van der Waals surface area (Å²) in [4.78, 5) is 25.7. The maximum absolute atomic E-state index is 13.9. The summed E-state index contributed by atoms with van der Waals surface area (Å²) in [5.41, 5.74) is 0.768. The van der Waals surface area contributed by atoms with Crippen molar-refractivity contribution < 1.29 is 23.5 Å². The minimum atomic E-state index is -0.924. The Bertz CT molecular complexity index is 883. The topological polar surface area (TPSA) is 88.3 Å². The van der Waals surface area contributed by atoms with Crippen LogP contribution in [0.1, 0.15) is 41.5 Å². The Balaban J connectivity index is 1.82. The number of hydrogen-bond donors (Lipinski definition) is 1. The average Bonchev–Trinajstić information content (AvgIpc) is 2.97. The van der Waals surface area contributed by atoms with Crippen LogP contribution in [-0.2, 0) is 11.3 Å². The number of carboxylic acid groups (broad SMARTS) is 1. The van der Waals surface area contributed by atoms with Crippen LogP contribution in [0, 0.1) is 24.5 Å². The molecule has 1 amide bonds. The van der Waals surface area contributed by atoms with E-state index < -0.39 is 35.5 Å². The average molecular weight is 378 g/mol. The Kier molecular flexibility index (Phi) is 5.20. The molecular weight excluding hydrogens is 358 g/mol. The lowest BCUT2D eigenvalue weighted by Gasteiger charge is -2.37. The van der Waals surface area contributed by atoms with E-state index in [1.54, 1.807) is 13.8 Å². The van der Waals surface area contributed by atoms with Crippen molar-refractivity contribution in [3.8, 4) is 0 Å². The molecule has 27 heavy (non-hydrogen) atoms. The van der Waals surface area contributed by atoms with Gasteiger partial charge in [0.05, 0.1) is 18.2 Å². The molecular formula is C18H20F2N4O3. The molecule has 144 valence electrons. The van der Waals surface area contributed by atoms with E-state index in [1.165, 1.54) is 15.6 Å². The van der Waals surface area contributed by atoms with Crippen LogP contribution < -0.4 is 0 Å². The van der Waals surface area contributed by atoms with Crippen LogP contribution >= 0.6 is 0 Å². The van der Waals surface area contributed by atoms with Crippen molar-refractivity contribution in [2.75, 3.05) is 6.54 Å². The fourth-order valence-electron chi connectivity index (χ4n) is 3.42. The maximum atomic E-state index is 13.9. The van der Waals surface area contributed by atoms with E-state index in [1.807, 2.05) is 0 Å². The molecule has 1 saturated heterocycles. The van der Waals surface area contributed by atoms with E-state index >= 15 is 0 Å². The third kappa shape index (κ3) is 3.67. The SMILES string of the molecule is Cc1c(C(=O)N2CCC[C@@H](C(=O)O)[C@H]2C)nnn1Cc1ccc(F)cc1F. The lowest BCUT2D eigenvalue weighted by molar-refractivity contribution is -0.144. The highest BCUT2D eigenvalue weighted by Gasteiger charge is 2.37. The molecule has 0 aliphatic carbocycles.